The van der Waals surface area contributed by atoms with Crippen LogP contribution in [0.25, 0.3) is 0 Å². The Morgan fingerprint density at radius 1 is 0.795 bits per heavy atom. The molecule has 3 nitrogen and oxygen atoms in total. The van der Waals surface area contributed by atoms with Gasteiger partial charge in [-0.25, -0.2) is 0 Å². The summed E-state index contributed by atoms with van der Waals surface area (Å²) in [7, 11) is 0. The van der Waals surface area contributed by atoms with Crippen LogP contribution in [-0.4, -0.2) is 36.5 Å². The Balaban J connectivity index is 1.49. The van der Waals surface area contributed by atoms with Crippen molar-refractivity contribution in [2.75, 3.05) is 30.2 Å². The van der Waals surface area contributed by atoms with E-state index in [1.165, 1.54) is 6.07 Å². The van der Waals surface area contributed by atoms with Gasteiger partial charge in [0.15, 0.2) is 0 Å². The van der Waals surface area contributed by atoms with Gasteiger partial charge in [0.05, 0.1) is 17.2 Å². The quantitative estimate of drug-likeness (QED) is 0.0832. The molecule has 0 radical (unpaired) electrons. The second kappa shape index (κ2) is 15.6. The molecule has 0 bridgehead atoms. The molecule has 4 aromatic rings. The van der Waals surface area contributed by atoms with Crippen molar-refractivity contribution in [1.82, 2.24) is 4.90 Å². The summed E-state index contributed by atoms with van der Waals surface area (Å²) in [6, 6.07) is 30.4. The van der Waals surface area contributed by atoms with E-state index in [0.29, 0.717) is 48.5 Å². The third kappa shape index (κ3) is 10.4. The van der Waals surface area contributed by atoms with E-state index in [1.54, 1.807) is 30.3 Å². The first-order valence-corrected chi connectivity index (χ1v) is 15.2. The first kappa shape index (κ1) is 33.6. The standard InChI is InChI=1S/C33H31ClF6N2OS/c34-31-26(14-7-17-30(31)33(38,39)40)21-42(22-29(24-10-3-1-4-11-24)25-12-5-2-6-13-25)18-9-19-43-28-16-8-15-27(20-28)41-44-23-32(35,36)37/h1-8,10-17,20,29,41H,9,18-19,21-23H2. The molecule has 0 atom stereocenters. The Morgan fingerprint density at radius 3 is 2.05 bits per heavy atom. The van der Waals surface area contributed by atoms with Crippen LogP contribution < -0.4 is 9.46 Å². The van der Waals surface area contributed by atoms with E-state index in [2.05, 4.69) is 9.62 Å². The Morgan fingerprint density at radius 2 is 1.43 bits per heavy atom. The molecule has 0 saturated carbocycles. The van der Waals surface area contributed by atoms with Gasteiger partial charge in [0, 0.05) is 37.3 Å². The summed E-state index contributed by atoms with van der Waals surface area (Å²) in [6.07, 6.45) is -8.32. The van der Waals surface area contributed by atoms with Crippen LogP contribution in [0.2, 0.25) is 5.02 Å². The molecule has 4 rings (SSSR count). The SMILES string of the molecule is FC(F)(F)CSNc1cccc(OCCCN(Cc2cccc(C(F)(F)F)c2Cl)CC(c2ccccc2)c2ccccc2)c1. The van der Waals surface area contributed by atoms with Gasteiger partial charge in [0.2, 0.25) is 0 Å². The van der Waals surface area contributed by atoms with Gasteiger partial charge >= 0.3 is 12.4 Å². The number of alkyl halides is 6. The van der Waals surface area contributed by atoms with Crippen molar-refractivity contribution in [2.24, 2.45) is 0 Å². The lowest BCUT2D eigenvalue weighted by Crippen LogP contribution is -2.31. The van der Waals surface area contributed by atoms with Gasteiger partial charge in [-0.3, -0.25) is 4.90 Å². The minimum absolute atomic E-state index is 0.0557. The van der Waals surface area contributed by atoms with Crippen molar-refractivity contribution < 1.29 is 31.1 Å². The number of rotatable bonds is 14. The summed E-state index contributed by atoms with van der Waals surface area (Å²) in [5.74, 6) is -0.599. The van der Waals surface area contributed by atoms with Gasteiger partial charge in [0.1, 0.15) is 11.5 Å². The average Bonchev–Trinajstić information content (AvgIpc) is 2.98. The average molecular weight is 653 g/mol. The molecule has 4 aromatic carbocycles. The van der Waals surface area contributed by atoms with E-state index < -0.39 is 23.7 Å². The van der Waals surface area contributed by atoms with Gasteiger partial charge < -0.3 is 9.46 Å². The van der Waals surface area contributed by atoms with Gasteiger partial charge in [-0.1, -0.05) is 90.5 Å². The number of hydrogen-bond donors (Lipinski definition) is 1. The van der Waals surface area contributed by atoms with Crippen LogP contribution in [0.3, 0.4) is 0 Å². The van der Waals surface area contributed by atoms with Crippen molar-refractivity contribution >= 4 is 29.2 Å². The smallest absolute Gasteiger partial charge is 0.417 e. The van der Waals surface area contributed by atoms with E-state index in [0.717, 1.165) is 17.2 Å². The molecule has 0 aromatic heterocycles. The van der Waals surface area contributed by atoms with Crippen molar-refractivity contribution in [3.05, 3.63) is 130 Å². The maximum atomic E-state index is 13.6. The zero-order valence-corrected chi connectivity index (χ0v) is 25.1. The number of halogens is 7. The van der Waals surface area contributed by atoms with Crippen LogP contribution in [0.4, 0.5) is 32.0 Å². The first-order valence-electron chi connectivity index (χ1n) is 13.8. The summed E-state index contributed by atoms with van der Waals surface area (Å²) in [4.78, 5) is 2.07. The van der Waals surface area contributed by atoms with Gasteiger partial charge in [-0.15, -0.1) is 0 Å². The molecule has 234 valence electrons. The van der Waals surface area contributed by atoms with Crippen LogP contribution in [0.1, 0.15) is 34.6 Å². The molecule has 0 fully saturated rings. The molecule has 0 amide bonds. The fourth-order valence-electron chi connectivity index (χ4n) is 4.76. The fourth-order valence-corrected chi connectivity index (χ4v) is 5.58. The van der Waals surface area contributed by atoms with E-state index >= 15 is 0 Å². The highest BCUT2D eigenvalue weighted by Gasteiger charge is 2.34. The van der Waals surface area contributed by atoms with Crippen LogP contribution in [0, 0.1) is 0 Å². The monoisotopic (exact) mass is 652 g/mol. The van der Waals surface area contributed by atoms with Crippen molar-refractivity contribution in [3.8, 4) is 5.75 Å². The zero-order valence-electron chi connectivity index (χ0n) is 23.5. The second-order valence-corrected chi connectivity index (χ2v) is 11.3. The molecule has 11 heteroatoms. The minimum atomic E-state index is -4.57. The molecule has 0 unspecified atom stereocenters. The third-order valence-electron chi connectivity index (χ3n) is 6.77. The number of anilines is 1. The molecule has 0 saturated heterocycles. The minimum Gasteiger partial charge on any atom is -0.493 e. The normalized spacial score (nSPS) is 12.1. The van der Waals surface area contributed by atoms with Crippen molar-refractivity contribution in [3.63, 3.8) is 0 Å². The maximum absolute atomic E-state index is 13.6. The van der Waals surface area contributed by atoms with Gasteiger partial charge in [-0.2, -0.15) is 26.3 Å². The Hall–Kier alpha value is -3.34. The van der Waals surface area contributed by atoms with E-state index in [1.807, 2.05) is 60.7 Å². The van der Waals surface area contributed by atoms with Gasteiger partial charge in [0.25, 0.3) is 0 Å². The van der Waals surface area contributed by atoms with Gasteiger partial charge in [-0.05, 0) is 53.3 Å². The molecular weight excluding hydrogens is 622 g/mol. The molecule has 0 spiro atoms. The zero-order chi connectivity index (χ0) is 31.6. The van der Waals surface area contributed by atoms with E-state index in [4.69, 9.17) is 16.3 Å². The van der Waals surface area contributed by atoms with Crippen LogP contribution in [-0.2, 0) is 12.7 Å². The number of ether oxygens (including phenoxy) is 1. The number of nitrogens with zero attached hydrogens (tertiary/aromatic N) is 1. The predicted octanol–water partition coefficient (Wildman–Crippen LogP) is 10.1. The van der Waals surface area contributed by atoms with Crippen LogP contribution >= 0.6 is 23.5 Å². The highest BCUT2D eigenvalue weighted by Crippen LogP contribution is 2.37. The highest BCUT2D eigenvalue weighted by molar-refractivity contribution is 8.00. The van der Waals surface area contributed by atoms with E-state index in [-0.39, 0.29) is 24.1 Å². The maximum Gasteiger partial charge on any atom is 0.417 e. The fraction of sp³-hybridized carbons (Fsp3) is 0.273. The number of benzene rings is 4. The van der Waals surface area contributed by atoms with E-state index in [9.17, 15) is 26.3 Å². The largest absolute Gasteiger partial charge is 0.493 e. The molecule has 0 aliphatic carbocycles. The topological polar surface area (TPSA) is 24.5 Å². The molecule has 44 heavy (non-hydrogen) atoms. The van der Waals surface area contributed by atoms with Crippen molar-refractivity contribution in [1.29, 1.82) is 0 Å². The lowest BCUT2D eigenvalue weighted by molar-refractivity contribution is -0.137. The number of nitrogens with one attached hydrogen (secondary N) is 1. The molecule has 0 heterocycles. The Bertz CT molecular complexity index is 1410. The van der Waals surface area contributed by atoms with Crippen molar-refractivity contribution in [2.45, 2.75) is 31.2 Å². The first-order chi connectivity index (χ1) is 21.0. The summed E-state index contributed by atoms with van der Waals surface area (Å²) >= 11 is 6.83. The van der Waals surface area contributed by atoms with Crippen LogP contribution in [0.5, 0.6) is 5.75 Å². The Labute approximate surface area is 262 Å². The Kier molecular flexibility index (Phi) is 11.9. The summed E-state index contributed by atoms with van der Waals surface area (Å²) < 4.78 is 86.8. The summed E-state index contributed by atoms with van der Waals surface area (Å²) in [5, 5.41) is -0.315. The second-order valence-electron chi connectivity index (χ2n) is 10.1. The molecule has 1 N–H and O–H groups in total. The summed E-state index contributed by atoms with van der Waals surface area (Å²) in [5.41, 5.74) is 2.12. The molecule has 0 aliphatic rings. The highest BCUT2D eigenvalue weighted by atomic mass is 35.5. The lowest BCUT2D eigenvalue weighted by Gasteiger charge is -2.29. The number of hydrogen-bond acceptors (Lipinski definition) is 4. The molecular formula is C33H31ClF6N2OS. The third-order valence-corrected chi connectivity index (χ3v) is 8.07. The molecule has 0 aliphatic heterocycles. The summed E-state index contributed by atoms with van der Waals surface area (Å²) in [6.45, 7) is 1.47. The predicted molar refractivity (Wildman–Crippen MR) is 165 cm³/mol. The van der Waals surface area contributed by atoms with Crippen LogP contribution in [0.15, 0.2) is 103 Å². The lowest BCUT2D eigenvalue weighted by atomic mass is 9.90.